The SMILES string of the molecule is CNC(=O)C[C@H](NC(=O)c1csc(-c2ccc(-c3nc(NC(=O)OC4CCC(C(=O)O)CC4)cs3)nc2-c2csc(-c3csc(CCc4ccccc4)n3)n2)n1)c1nc(C(=O)NC(c2nc(C(=O)NCC(N)=O)c(COC)s2)C(C)C)c(C)s1. The molecule has 1 fully saturated rings. The van der Waals surface area contributed by atoms with Crippen LogP contribution in [0.3, 0.4) is 0 Å². The number of hydrogen-bond donors (Lipinski definition) is 7. The lowest BCUT2D eigenvalue weighted by molar-refractivity contribution is -0.143. The summed E-state index contributed by atoms with van der Waals surface area (Å²) < 4.78 is 10.9. The van der Waals surface area contributed by atoms with Gasteiger partial charge >= 0.3 is 12.1 Å². The van der Waals surface area contributed by atoms with Gasteiger partial charge in [0.1, 0.15) is 71.1 Å². The van der Waals surface area contributed by atoms with Crippen LogP contribution >= 0.6 is 68.0 Å². The maximum Gasteiger partial charge on any atom is 0.413 e. The normalized spacial score (nSPS) is 14.8. The second-order valence-electron chi connectivity index (χ2n) is 19.6. The zero-order valence-corrected chi connectivity index (χ0v) is 50.8. The number of aromatic nitrogens is 7. The molecule has 1 aliphatic carbocycles. The van der Waals surface area contributed by atoms with Gasteiger partial charge in [-0.15, -0.1) is 68.0 Å². The molecule has 6 amide bonds. The number of benzene rings is 1. The monoisotopic (exact) mass is 1250 g/mol. The van der Waals surface area contributed by atoms with Crippen molar-refractivity contribution in [3.8, 4) is 43.4 Å². The van der Waals surface area contributed by atoms with Crippen molar-refractivity contribution in [1.82, 2.24) is 56.2 Å². The van der Waals surface area contributed by atoms with Crippen molar-refractivity contribution in [2.45, 2.75) is 90.5 Å². The molecule has 23 nitrogen and oxygen atoms in total. The number of hydrogen-bond acceptors (Lipinski definition) is 22. The number of thiazole rings is 6. The van der Waals surface area contributed by atoms with Gasteiger partial charge in [0.2, 0.25) is 11.8 Å². The van der Waals surface area contributed by atoms with Crippen LogP contribution in [0.5, 0.6) is 0 Å². The molecule has 0 aliphatic heterocycles. The van der Waals surface area contributed by atoms with Crippen LogP contribution < -0.4 is 32.3 Å². The van der Waals surface area contributed by atoms with Crippen LogP contribution in [0.25, 0.3) is 43.4 Å². The zero-order chi connectivity index (χ0) is 59.6. The van der Waals surface area contributed by atoms with E-state index in [0.717, 1.165) is 34.9 Å². The first-order valence-electron chi connectivity index (χ1n) is 26.4. The molecule has 2 atom stereocenters. The number of nitrogens with two attached hydrogens (primary N) is 1. The Morgan fingerprint density at radius 3 is 2.18 bits per heavy atom. The molecule has 438 valence electrons. The van der Waals surface area contributed by atoms with Crippen LogP contribution in [-0.4, -0.2) is 108 Å². The molecule has 0 bridgehead atoms. The number of amides is 6. The number of ether oxygens (including phenoxy) is 2. The Labute approximate surface area is 505 Å². The maximum absolute atomic E-state index is 14.3. The van der Waals surface area contributed by atoms with Crippen molar-refractivity contribution in [1.29, 1.82) is 0 Å². The Hall–Kier alpha value is -7.80. The van der Waals surface area contributed by atoms with Crippen molar-refractivity contribution < 1.29 is 48.1 Å². The minimum atomic E-state index is -0.987. The lowest BCUT2D eigenvalue weighted by Crippen LogP contribution is -2.34. The first-order chi connectivity index (χ1) is 40.4. The predicted molar refractivity (Wildman–Crippen MR) is 321 cm³/mol. The van der Waals surface area contributed by atoms with Crippen molar-refractivity contribution in [2.75, 3.05) is 26.0 Å². The van der Waals surface area contributed by atoms with Gasteiger partial charge in [0.25, 0.3) is 17.7 Å². The van der Waals surface area contributed by atoms with E-state index in [1.807, 2.05) is 48.9 Å². The Bertz CT molecular complexity index is 3690. The molecule has 1 aromatic carbocycles. The Morgan fingerprint density at radius 2 is 1.45 bits per heavy atom. The number of pyridine rings is 1. The molecule has 1 aliphatic rings. The number of carboxylic acid groups (broad SMARTS) is 1. The van der Waals surface area contributed by atoms with Gasteiger partial charge in [0, 0.05) is 52.5 Å². The lowest BCUT2D eigenvalue weighted by atomic mass is 9.87. The second-order valence-corrected chi connectivity index (χ2v) is 25.5. The Balaban J connectivity index is 0.951. The smallest absolute Gasteiger partial charge is 0.413 e. The number of primary amides is 1. The van der Waals surface area contributed by atoms with E-state index in [-0.39, 0.29) is 41.8 Å². The van der Waals surface area contributed by atoms with Crippen LogP contribution in [0, 0.1) is 18.8 Å². The van der Waals surface area contributed by atoms with Crippen molar-refractivity contribution in [3.05, 3.63) is 111 Å². The van der Waals surface area contributed by atoms with E-state index < -0.39 is 72.2 Å². The molecule has 0 saturated heterocycles. The minimum Gasteiger partial charge on any atom is -0.481 e. The quantitative estimate of drug-likeness (QED) is 0.0297. The summed E-state index contributed by atoms with van der Waals surface area (Å²) in [5.74, 6) is -4.17. The van der Waals surface area contributed by atoms with E-state index in [1.54, 1.807) is 35.1 Å². The van der Waals surface area contributed by atoms with Crippen molar-refractivity contribution in [2.24, 2.45) is 17.6 Å². The van der Waals surface area contributed by atoms with Crippen LogP contribution in [0.4, 0.5) is 10.6 Å². The zero-order valence-electron chi connectivity index (χ0n) is 45.9. The summed E-state index contributed by atoms with van der Waals surface area (Å²) in [5.41, 5.74) is 9.31. The summed E-state index contributed by atoms with van der Waals surface area (Å²) in [4.78, 5) is 125. The van der Waals surface area contributed by atoms with Crippen LogP contribution in [0.2, 0.25) is 0 Å². The summed E-state index contributed by atoms with van der Waals surface area (Å²) in [6, 6.07) is 12.1. The number of anilines is 1. The molecule has 8 N–H and O–H groups in total. The van der Waals surface area contributed by atoms with Crippen LogP contribution in [0.1, 0.15) is 120 Å². The van der Waals surface area contributed by atoms with E-state index in [0.29, 0.717) is 83.1 Å². The molecule has 8 aromatic rings. The molecule has 7 aromatic heterocycles. The highest BCUT2D eigenvalue weighted by molar-refractivity contribution is 7.15. The number of aliphatic carboxylic acids is 1. The first-order valence-corrected chi connectivity index (χ1v) is 31.5. The topological polar surface area (TPSA) is 335 Å². The number of carbonyl (C=O) groups is 7. The molecule has 7 heterocycles. The van der Waals surface area contributed by atoms with E-state index >= 15 is 0 Å². The Morgan fingerprint density at radius 1 is 0.726 bits per heavy atom. The van der Waals surface area contributed by atoms with Gasteiger partial charge in [-0.3, -0.25) is 34.1 Å². The molecular weight excluding hydrogens is 1200 g/mol. The van der Waals surface area contributed by atoms with Gasteiger partial charge in [0.15, 0.2) is 0 Å². The van der Waals surface area contributed by atoms with E-state index in [1.165, 1.54) is 65.1 Å². The average Bonchev–Trinajstić information content (AvgIpc) is 2.88. The van der Waals surface area contributed by atoms with Crippen LogP contribution in [-0.2, 0) is 43.3 Å². The molecule has 9 rings (SSSR count). The number of aryl methyl sites for hydroxylation is 3. The summed E-state index contributed by atoms with van der Waals surface area (Å²) in [6.07, 6.45) is 2.04. The third-order valence-corrected chi connectivity index (χ3v) is 19.0. The van der Waals surface area contributed by atoms with Gasteiger partial charge in [0.05, 0.1) is 53.2 Å². The average molecular weight is 1250 g/mol. The summed E-state index contributed by atoms with van der Waals surface area (Å²) >= 11 is 7.74. The maximum atomic E-state index is 14.3. The number of nitrogens with zero attached hydrogens (tertiary/aromatic N) is 7. The summed E-state index contributed by atoms with van der Waals surface area (Å²) in [7, 11) is 2.94. The highest BCUT2D eigenvalue weighted by Crippen LogP contribution is 2.39. The number of rotatable bonds is 24. The third kappa shape index (κ3) is 15.1. The lowest BCUT2D eigenvalue weighted by Gasteiger charge is -2.25. The number of methoxy groups -OCH3 is 1. The highest BCUT2D eigenvalue weighted by Gasteiger charge is 2.32. The van der Waals surface area contributed by atoms with Gasteiger partial charge in [-0.25, -0.2) is 39.7 Å². The van der Waals surface area contributed by atoms with Crippen molar-refractivity contribution >= 4 is 115 Å². The number of carboxylic acids is 1. The molecule has 1 unspecified atom stereocenters. The van der Waals surface area contributed by atoms with Gasteiger partial charge < -0.3 is 41.6 Å². The molecule has 0 spiro atoms. The number of nitrogens with one attached hydrogen (secondary N) is 5. The fourth-order valence-corrected chi connectivity index (χ4v) is 14.3. The molecule has 0 radical (unpaired) electrons. The van der Waals surface area contributed by atoms with E-state index in [4.69, 9.17) is 35.1 Å². The van der Waals surface area contributed by atoms with Crippen LogP contribution in [0.15, 0.2) is 64.0 Å². The fourth-order valence-electron chi connectivity index (χ4n) is 8.91. The largest absolute Gasteiger partial charge is 0.481 e. The third-order valence-electron chi connectivity index (χ3n) is 13.2. The number of carbonyl (C=O) groups excluding carboxylic acids is 6. The van der Waals surface area contributed by atoms with Gasteiger partial charge in [-0.1, -0.05) is 44.2 Å². The van der Waals surface area contributed by atoms with Gasteiger partial charge in [-0.05, 0) is 62.6 Å². The van der Waals surface area contributed by atoms with Crippen molar-refractivity contribution in [3.63, 3.8) is 0 Å². The standard InChI is InChI=1S/C55H57N13O10S6/c1-26(2)42(53-68-45(37(84-53)21-77-5)47(72)58-20-38(56)69)66-48(73)43-27(3)83-52(67-43)33(19-40(70)57-4)61-46(71)35-23-80-49(63-35)31-16-17-32(50-64-39(25-82-50)65-55(76)78-30-14-12-29(13-15-30)54(74)75)60-44(31)34-22-81-51(62-34)36-24-79-41(59-36)18-11-28-9-7-6-8-10-28/h6-10,16-17,22-26,29-30,33,42H,11-15,18-21H2,1-5H3,(H2,56,69)(H,57,70)(H,58,72)(H,61,71)(H,65,76)(H,66,73)(H,74,75)/t29?,30?,33-,42?/m0/s1. The Kier molecular flexibility index (Phi) is 20.1. The molecule has 1 saturated carbocycles. The second kappa shape index (κ2) is 27.7. The fraction of sp³-hybridized carbons (Fsp3) is 0.345. The molecule has 29 heteroatoms. The molecular formula is C55H57N13O10S6. The van der Waals surface area contributed by atoms with E-state index in [2.05, 4.69) is 53.7 Å². The van der Waals surface area contributed by atoms with Gasteiger partial charge in [-0.2, -0.15) is 0 Å². The van der Waals surface area contributed by atoms with E-state index in [9.17, 15) is 38.7 Å². The predicted octanol–water partition coefficient (Wildman–Crippen LogP) is 8.87. The molecule has 84 heavy (non-hydrogen) atoms. The highest BCUT2D eigenvalue weighted by atomic mass is 32.1. The minimum absolute atomic E-state index is 0.0406. The summed E-state index contributed by atoms with van der Waals surface area (Å²) in [6.45, 7) is 5.12. The summed E-state index contributed by atoms with van der Waals surface area (Å²) in [5, 5.41) is 33.4. The first kappa shape index (κ1) is 60.8.